The fraction of sp³-hybridized carbons (Fsp3) is 0.750. The number of rotatable bonds is 1. The topological polar surface area (TPSA) is 46.5 Å². The van der Waals surface area contributed by atoms with Gasteiger partial charge in [-0.1, -0.05) is 33.3 Å². The van der Waals surface area contributed by atoms with Gasteiger partial charge in [-0.15, -0.1) is 6.58 Å². The summed E-state index contributed by atoms with van der Waals surface area (Å²) in [5.74, 6) is -0.149. The van der Waals surface area contributed by atoms with Crippen molar-refractivity contribution in [2.75, 3.05) is 0 Å². The van der Waals surface area contributed by atoms with Gasteiger partial charge in [0, 0.05) is 10.8 Å². The number of hydrogen-bond acceptors (Lipinski definition) is 3. The first-order chi connectivity index (χ1) is 10.5. The van der Waals surface area contributed by atoms with E-state index in [0.717, 1.165) is 37.7 Å². The SMILES string of the molecule is C=CC1(C)CCC2(O1)C(C)=CC(=O)C1(O)C(C)(C)CCCC21C. The first kappa shape index (κ1) is 16.9. The Morgan fingerprint density at radius 3 is 2.39 bits per heavy atom. The van der Waals surface area contributed by atoms with Gasteiger partial charge in [0.2, 0.25) is 0 Å². The molecule has 1 saturated carbocycles. The van der Waals surface area contributed by atoms with Crippen LogP contribution in [0, 0.1) is 10.8 Å². The number of carbonyl (C=O) groups is 1. The van der Waals surface area contributed by atoms with Gasteiger partial charge < -0.3 is 9.84 Å². The van der Waals surface area contributed by atoms with Gasteiger partial charge in [-0.05, 0) is 51.2 Å². The minimum atomic E-state index is -1.38. The van der Waals surface area contributed by atoms with Gasteiger partial charge in [0.05, 0.1) is 11.2 Å². The Balaban J connectivity index is 2.24. The van der Waals surface area contributed by atoms with Gasteiger partial charge in [0.15, 0.2) is 5.78 Å². The molecule has 2 aliphatic carbocycles. The van der Waals surface area contributed by atoms with Crippen LogP contribution in [0.5, 0.6) is 0 Å². The third-order valence-corrected chi connectivity index (χ3v) is 7.30. The smallest absolute Gasteiger partial charge is 0.188 e. The van der Waals surface area contributed by atoms with Gasteiger partial charge in [0.25, 0.3) is 0 Å². The van der Waals surface area contributed by atoms with E-state index in [9.17, 15) is 9.90 Å². The molecule has 3 rings (SSSR count). The lowest BCUT2D eigenvalue weighted by Crippen LogP contribution is -2.73. The summed E-state index contributed by atoms with van der Waals surface area (Å²) in [6, 6.07) is 0. The average molecular weight is 318 g/mol. The molecule has 3 heteroatoms. The number of ketones is 1. The number of aliphatic hydroxyl groups is 1. The van der Waals surface area contributed by atoms with E-state index < -0.39 is 27.6 Å². The van der Waals surface area contributed by atoms with E-state index in [1.807, 2.05) is 26.8 Å². The highest BCUT2D eigenvalue weighted by molar-refractivity contribution is 6.01. The van der Waals surface area contributed by atoms with Crippen LogP contribution in [-0.2, 0) is 9.53 Å². The van der Waals surface area contributed by atoms with Crippen LogP contribution in [0.2, 0.25) is 0 Å². The van der Waals surface area contributed by atoms with E-state index in [1.54, 1.807) is 6.08 Å². The maximum Gasteiger partial charge on any atom is 0.188 e. The predicted molar refractivity (Wildman–Crippen MR) is 91.1 cm³/mol. The van der Waals surface area contributed by atoms with E-state index in [0.29, 0.717) is 0 Å². The van der Waals surface area contributed by atoms with Gasteiger partial charge in [0.1, 0.15) is 5.60 Å². The molecule has 4 unspecified atom stereocenters. The monoisotopic (exact) mass is 318 g/mol. The van der Waals surface area contributed by atoms with E-state index in [2.05, 4.69) is 20.4 Å². The van der Waals surface area contributed by atoms with Crippen molar-refractivity contribution in [2.24, 2.45) is 10.8 Å². The highest BCUT2D eigenvalue weighted by Gasteiger charge is 2.73. The molecule has 23 heavy (non-hydrogen) atoms. The Hall–Kier alpha value is -0.930. The van der Waals surface area contributed by atoms with Crippen molar-refractivity contribution in [1.29, 1.82) is 0 Å². The van der Waals surface area contributed by atoms with Gasteiger partial charge >= 0.3 is 0 Å². The molecular formula is C20H30O3. The molecule has 0 amide bonds. The van der Waals surface area contributed by atoms with Crippen LogP contribution in [0.3, 0.4) is 0 Å². The summed E-state index contributed by atoms with van der Waals surface area (Å²) in [6.07, 6.45) is 7.85. The Labute approximate surface area is 139 Å². The average Bonchev–Trinajstić information content (AvgIpc) is 2.83. The van der Waals surface area contributed by atoms with E-state index in [1.165, 1.54) is 0 Å². The highest BCUT2D eigenvalue weighted by atomic mass is 16.5. The molecule has 128 valence electrons. The van der Waals surface area contributed by atoms with Gasteiger partial charge in [-0.2, -0.15) is 0 Å². The van der Waals surface area contributed by atoms with Crippen LogP contribution in [0.15, 0.2) is 24.3 Å². The quantitative estimate of drug-likeness (QED) is 0.745. The minimum absolute atomic E-state index is 0.149. The van der Waals surface area contributed by atoms with Crippen LogP contribution in [0.1, 0.15) is 66.7 Å². The molecule has 0 radical (unpaired) electrons. The molecule has 0 aromatic heterocycles. The maximum absolute atomic E-state index is 13.0. The number of ether oxygens (including phenoxy) is 1. The fourth-order valence-electron chi connectivity index (χ4n) is 5.68. The zero-order chi connectivity index (χ0) is 17.3. The zero-order valence-corrected chi connectivity index (χ0v) is 15.2. The van der Waals surface area contributed by atoms with Crippen LogP contribution in [0.25, 0.3) is 0 Å². The molecule has 3 nitrogen and oxygen atoms in total. The predicted octanol–water partition coefficient (Wildman–Crippen LogP) is 3.96. The first-order valence-corrected chi connectivity index (χ1v) is 8.77. The van der Waals surface area contributed by atoms with Crippen molar-refractivity contribution in [3.8, 4) is 0 Å². The second-order valence-electron chi connectivity index (χ2n) is 8.92. The summed E-state index contributed by atoms with van der Waals surface area (Å²) in [7, 11) is 0. The van der Waals surface area contributed by atoms with Gasteiger partial charge in [-0.3, -0.25) is 4.79 Å². The molecule has 1 spiro atoms. The molecule has 1 N–H and O–H groups in total. The Kier molecular flexibility index (Phi) is 3.36. The minimum Gasteiger partial charge on any atom is -0.380 e. The molecule has 0 aromatic carbocycles. The molecule has 1 saturated heterocycles. The van der Waals surface area contributed by atoms with Crippen molar-refractivity contribution >= 4 is 5.78 Å². The first-order valence-electron chi connectivity index (χ1n) is 8.77. The zero-order valence-electron chi connectivity index (χ0n) is 15.2. The van der Waals surface area contributed by atoms with E-state index in [4.69, 9.17) is 4.74 Å². The largest absolute Gasteiger partial charge is 0.380 e. The van der Waals surface area contributed by atoms with E-state index >= 15 is 0 Å². The van der Waals surface area contributed by atoms with Crippen LogP contribution < -0.4 is 0 Å². The molecule has 3 aliphatic rings. The van der Waals surface area contributed by atoms with E-state index in [-0.39, 0.29) is 5.78 Å². The molecule has 4 atom stereocenters. The Bertz CT molecular complexity index is 604. The number of carbonyl (C=O) groups excluding carboxylic acids is 1. The Morgan fingerprint density at radius 2 is 1.83 bits per heavy atom. The second-order valence-corrected chi connectivity index (χ2v) is 8.92. The normalized spacial score (nSPS) is 49.0. The third kappa shape index (κ3) is 1.76. The summed E-state index contributed by atoms with van der Waals surface area (Å²) < 4.78 is 6.62. The molecule has 2 fully saturated rings. The lowest BCUT2D eigenvalue weighted by atomic mass is 9.43. The summed E-state index contributed by atoms with van der Waals surface area (Å²) >= 11 is 0. The number of fused-ring (bicyclic) bond motifs is 2. The van der Waals surface area contributed by atoms with Crippen LogP contribution in [-0.4, -0.2) is 27.7 Å². The lowest BCUT2D eigenvalue weighted by molar-refractivity contribution is -0.249. The number of hydrogen-bond donors (Lipinski definition) is 1. The van der Waals surface area contributed by atoms with Crippen LogP contribution in [0.4, 0.5) is 0 Å². The fourth-order valence-corrected chi connectivity index (χ4v) is 5.68. The third-order valence-electron chi connectivity index (χ3n) is 7.30. The van der Waals surface area contributed by atoms with Crippen molar-refractivity contribution in [3.63, 3.8) is 0 Å². The van der Waals surface area contributed by atoms with Crippen molar-refractivity contribution in [2.45, 2.75) is 83.5 Å². The standard InChI is InChI=1S/C20H30O3/c1-7-17(5)11-12-19(23-17)14(2)13-15(21)20(22)16(3,4)9-8-10-18(19,20)6/h7,13,22H,1,8-12H2,2-6H3. The van der Waals surface area contributed by atoms with Crippen molar-refractivity contribution < 1.29 is 14.6 Å². The summed E-state index contributed by atoms with van der Waals surface area (Å²) in [5, 5.41) is 11.7. The van der Waals surface area contributed by atoms with Crippen molar-refractivity contribution in [3.05, 3.63) is 24.3 Å². The molecule has 0 aromatic rings. The summed E-state index contributed by atoms with van der Waals surface area (Å²) in [5.41, 5.74) is -2.49. The summed E-state index contributed by atoms with van der Waals surface area (Å²) in [4.78, 5) is 13.0. The van der Waals surface area contributed by atoms with Crippen molar-refractivity contribution in [1.82, 2.24) is 0 Å². The second kappa shape index (κ2) is 4.58. The maximum atomic E-state index is 13.0. The highest BCUT2D eigenvalue weighted by Crippen LogP contribution is 2.67. The lowest BCUT2D eigenvalue weighted by Gasteiger charge is -2.64. The Morgan fingerprint density at radius 1 is 1.17 bits per heavy atom. The molecule has 1 heterocycles. The summed E-state index contributed by atoms with van der Waals surface area (Å²) in [6.45, 7) is 14.1. The van der Waals surface area contributed by atoms with Gasteiger partial charge in [-0.25, -0.2) is 0 Å². The van der Waals surface area contributed by atoms with Crippen LogP contribution >= 0.6 is 0 Å². The molecule has 0 bridgehead atoms. The molecular weight excluding hydrogens is 288 g/mol. The molecule has 1 aliphatic heterocycles.